The molecular weight excluding hydrogens is 434 g/mol. The van der Waals surface area contributed by atoms with Crippen LogP contribution in [0.4, 0.5) is 22.7 Å². The van der Waals surface area contributed by atoms with Gasteiger partial charge < -0.3 is 10.6 Å². The van der Waals surface area contributed by atoms with Crippen molar-refractivity contribution in [3.8, 4) is 0 Å². The molecule has 2 aromatic carbocycles. The van der Waals surface area contributed by atoms with Gasteiger partial charge in [0.1, 0.15) is 5.82 Å². The van der Waals surface area contributed by atoms with Gasteiger partial charge in [0.15, 0.2) is 5.13 Å². The van der Waals surface area contributed by atoms with Gasteiger partial charge in [0.05, 0.1) is 16.6 Å². The van der Waals surface area contributed by atoms with Crippen molar-refractivity contribution in [1.29, 1.82) is 0 Å². The molecule has 1 heterocycles. The lowest BCUT2D eigenvalue weighted by Gasteiger charge is -2.10. The molecule has 2 N–H and O–H groups in total. The minimum absolute atomic E-state index is 0.0820. The van der Waals surface area contributed by atoms with Crippen molar-refractivity contribution >= 4 is 28.2 Å². The molecule has 0 aliphatic rings. The Kier molecular flexibility index (Phi) is 7.01. The van der Waals surface area contributed by atoms with Crippen LogP contribution in [-0.2, 0) is 6.18 Å². The Morgan fingerprint density at radius 1 is 1.03 bits per heavy atom. The third kappa shape index (κ3) is 5.88. The Hall–Kier alpha value is -3.27. The van der Waals surface area contributed by atoms with Crippen molar-refractivity contribution in [3.63, 3.8) is 0 Å². The first-order valence-corrected chi connectivity index (χ1v) is 10.0. The molecule has 0 radical (unpaired) electrons. The molecule has 162 valence electrons. The van der Waals surface area contributed by atoms with Crippen molar-refractivity contribution in [2.75, 3.05) is 18.4 Å². The van der Waals surface area contributed by atoms with E-state index in [1.54, 1.807) is 0 Å². The number of amides is 1. The first-order valence-electron chi connectivity index (χ1n) is 9.20. The zero-order chi connectivity index (χ0) is 22.4. The maximum absolute atomic E-state index is 13.1. The van der Waals surface area contributed by atoms with Crippen LogP contribution >= 0.6 is 11.3 Å². The maximum Gasteiger partial charge on any atom is 0.417 e. The third-order valence-corrected chi connectivity index (χ3v) is 5.16. The molecule has 0 saturated carbocycles. The summed E-state index contributed by atoms with van der Waals surface area (Å²) in [5, 5.41) is 5.99. The van der Waals surface area contributed by atoms with Gasteiger partial charge in [0.25, 0.3) is 5.91 Å². The van der Waals surface area contributed by atoms with E-state index in [0.29, 0.717) is 24.6 Å². The van der Waals surface area contributed by atoms with Gasteiger partial charge in [0.2, 0.25) is 5.78 Å². The van der Waals surface area contributed by atoms with E-state index in [0.717, 1.165) is 29.5 Å². The number of carbonyl (C=O) groups is 2. The lowest BCUT2D eigenvalue weighted by atomic mass is 10.0. The van der Waals surface area contributed by atoms with Gasteiger partial charge in [0, 0.05) is 24.2 Å². The van der Waals surface area contributed by atoms with Crippen molar-refractivity contribution in [2.45, 2.75) is 12.6 Å². The summed E-state index contributed by atoms with van der Waals surface area (Å²) in [6, 6.07) is 9.94. The van der Waals surface area contributed by atoms with Crippen LogP contribution in [0.2, 0.25) is 0 Å². The van der Waals surface area contributed by atoms with Crippen LogP contribution in [0.3, 0.4) is 0 Å². The van der Waals surface area contributed by atoms with E-state index in [-0.39, 0.29) is 10.4 Å². The second-order valence-corrected chi connectivity index (χ2v) is 7.48. The number of ketones is 1. The third-order valence-electron chi connectivity index (χ3n) is 4.21. The van der Waals surface area contributed by atoms with Gasteiger partial charge in [-0.2, -0.15) is 13.2 Å². The molecule has 0 atom stereocenters. The van der Waals surface area contributed by atoms with Gasteiger partial charge in [-0.1, -0.05) is 35.6 Å². The lowest BCUT2D eigenvalue weighted by molar-refractivity contribution is -0.137. The number of rotatable bonds is 8. The molecule has 3 rings (SSSR count). The Bertz CT molecular complexity index is 1080. The largest absolute Gasteiger partial charge is 0.417 e. The number of nitrogens with zero attached hydrogens (tertiary/aromatic N) is 1. The SMILES string of the molecule is O=C(NCCCNc1ncc(C(=O)c2ccccc2C(F)(F)F)s1)c1cccc(F)c1. The Morgan fingerprint density at radius 2 is 1.81 bits per heavy atom. The number of hydrogen-bond donors (Lipinski definition) is 2. The van der Waals surface area contributed by atoms with E-state index in [1.165, 1.54) is 36.5 Å². The number of halogens is 4. The number of hydrogen-bond acceptors (Lipinski definition) is 5. The minimum Gasteiger partial charge on any atom is -0.361 e. The van der Waals surface area contributed by atoms with Crippen molar-refractivity contribution in [1.82, 2.24) is 10.3 Å². The first-order chi connectivity index (χ1) is 14.8. The molecule has 0 bridgehead atoms. The van der Waals surface area contributed by atoms with Crippen LogP contribution in [0, 0.1) is 5.82 Å². The summed E-state index contributed by atoms with van der Waals surface area (Å²) in [6.07, 6.45) is -2.89. The second-order valence-electron chi connectivity index (χ2n) is 6.45. The van der Waals surface area contributed by atoms with Crippen LogP contribution in [0.5, 0.6) is 0 Å². The van der Waals surface area contributed by atoms with Crippen molar-refractivity contribution in [2.24, 2.45) is 0 Å². The smallest absolute Gasteiger partial charge is 0.361 e. The standard InChI is InChI=1S/C21H17F4N3O2S/c22-14-6-3-5-13(11-14)19(30)26-9-4-10-27-20-28-12-17(31-20)18(29)15-7-1-2-8-16(15)21(23,24)25/h1-3,5-8,11-12H,4,9-10H2,(H,26,30)(H,27,28). The average Bonchev–Trinajstić information content (AvgIpc) is 3.21. The summed E-state index contributed by atoms with van der Waals surface area (Å²) in [6.45, 7) is 0.724. The molecule has 0 aliphatic heterocycles. The molecule has 0 aliphatic carbocycles. The summed E-state index contributed by atoms with van der Waals surface area (Å²) >= 11 is 0.950. The highest BCUT2D eigenvalue weighted by Crippen LogP contribution is 2.33. The highest BCUT2D eigenvalue weighted by molar-refractivity contribution is 7.17. The van der Waals surface area contributed by atoms with E-state index in [1.807, 2.05) is 0 Å². The Morgan fingerprint density at radius 3 is 2.55 bits per heavy atom. The monoisotopic (exact) mass is 451 g/mol. The molecule has 5 nitrogen and oxygen atoms in total. The number of aromatic nitrogens is 1. The van der Waals surface area contributed by atoms with Crippen molar-refractivity contribution < 1.29 is 27.2 Å². The lowest BCUT2D eigenvalue weighted by Crippen LogP contribution is -2.25. The molecule has 10 heteroatoms. The number of thiazole rings is 1. The fraction of sp³-hybridized carbons (Fsp3) is 0.190. The molecule has 0 fully saturated rings. The zero-order valence-corrected chi connectivity index (χ0v) is 16.8. The highest BCUT2D eigenvalue weighted by atomic mass is 32.1. The zero-order valence-electron chi connectivity index (χ0n) is 16.0. The molecule has 31 heavy (non-hydrogen) atoms. The number of alkyl halides is 3. The highest BCUT2D eigenvalue weighted by Gasteiger charge is 2.35. The quantitative estimate of drug-likeness (QED) is 0.294. The van der Waals surface area contributed by atoms with E-state index >= 15 is 0 Å². The van der Waals surface area contributed by atoms with E-state index < -0.39 is 34.8 Å². The number of carbonyl (C=O) groups excluding carboxylic acids is 2. The molecule has 1 amide bonds. The van der Waals surface area contributed by atoms with Gasteiger partial charge >= 0.3 is 6.18 Å². The van der Waals surface area contributed by atoms with Crippen LogP contribution in [0.15, 0.2) is 54.7 Å². The maximum atomic E-state index is 13.1. The molecule has 3 aromatic rings. The average molecular weight is 451 g/mol. The topological polar surface area (TPSA) is 71.1 Å². The molecular formula is C21H17F4N3O2S. The Labute approximate surface area is 179 Å². The summed E-state index contributed by atoms with van der Waals surface area (Å²) in [5.41, 5.74) is -1.20. The predicted molar refractivity (Wildman–Crippen MR) is 109 cm³/mol. The summed E-state index contributed by atoms with van der Waals surface area (Å²) < 4.78 is 52.5. The summed E-state index contributed by atoms with van der Waals surface area (Å²) in [5.74, 6) is -1.65. The van der Waals surface area contributed by atoms with E-state index in [4.69, 9.17) is 0 Å². The van der Waals surface area contributed by atoms with Crippen LogP contribution < -0.4 is 10.6 Å². The second kappa shape index (κ2) is 9.69. The predicted octanol–water partition coefficient (Wildman–Crippen LogP) is 4.76. The molecule has 0 spiro atoms. The minimum atomic E-state index is -4.63. The molecule has 0 unspecified atom stereocenters. The van der Waals surface area contributed by atoms with Crippen LogP contribution in [-0.4, -0.2) is 29.8 Å². The number of anilines is 1. The van der Waals surface area contributed by atoms with E-state index in [2.05, 4.69) is 15.6 Å². The van der Waals surface area contributed by atoms with Crippen LogP contribution in [0.25, 0.3) is 0 Å². The van der Waals surface area contributed by atoms with Crippen LogP contribution in [0.1, 0.15) is 37.6 Å². The Balaban J connectivity index is 1.51. The first kappa shape index (κ1) is 22.4. The molecule has 0 saturated heterocycles. The van der Waals surface area contributed by atoms with E-state index in [9.17, 15) is 27.2 Å². The number of nitrogens with one attached hydrogen (secondary N) is 2. The fourth-order valence-electron chi connectivity index (χ4n) is 2.74. The number of benzene rings is 2. The van der Waals surface area contributed by atoms with Gasteiger partial charge in [-0.3, -0.25) is 9.59 Å². The van der Waals surface area contributed by atoms with Gasteiger partial charge in [-0.05, 0) is 30.7 Å². The normalized spacial score (nSPS) is 11.2. The van der Waals surface area contributed by atoms with Crippen molar-refractivity contribution in [3.05, 3.63) is 82.1 Å². The van der Waals surface area contributed by atoms with Gasteiger partial charge in [-0.25, -0.2) is 9.37 Å². The fourth-order valence-corrected chi connectivity index (χ4v) is 3.54. The summed E-state index contributed by atoms with van der Waals surface area (Å²) in [4.78, 5) is 28.5. The van der Waals surface area contributed by atoms with Gasteiger partial charge in [-0.15, -0.1) is 0 Å². The molecule has 1 aromatic heterocycles. The summed E-state index contributed by atoms with van der Waals surface area (Å²) in [7, 11) is 0.